The first-order chi connectivity index (χ1) is 13.1. The molecule has 0 N–H and O–H groups in total. The minimum absolute atomic E-state index is 0.328. The van der Waals surface area contributed by atoms with E-state index in [1.54, 1.807) is 0 Å². The fourth-order valence-corrected chi connectivity index (χ4v) is 4.30. The van der Waals surface area contributed by atoms with Gasteiger partial charge in [0.05, 0.1) is 0 Å². The van der Waals surface area contributed by atoms with Crippen LogP contribution in [0.5, 0.6) is 5.75 Å². The molecule has 27 heavy (non-hydrogen) atoms. The molecule has 0 amide bonds. The van der Waals surface area contributed by atoms with Gasteiger partial charge in [0.2, 0.25) is 0 Å². The van der Waals surface area contributed by atoms with Crippen molar-refractivity contribution in [3.05, 3.63) is 72.3 Å². The van der Waals surface area contributed by atoms with E-state index in [2.05, 4.69) is 86.7 Å². The van der Waals surface area contributed by atoms with Gasteiger partial charge in [0.1, 0.15) is 22.5 Å². The van der Waals surface area contributed by atoms with Crippen LogP contribution < -0.4 is 4.74 Å². The van der Waals surface area contributed by atoms with Gasteiger partial charge in [-0.15, -0.1) is 0 Å². The number of fused-ring (bicyclic) bond motifs is 10. The highest BCUT2D eigenvalue weighted by molar-refractivity contribution is 6.27. The van der Waals surface area contributed by atoms with Crippen LogP contribution in [-0.4, -0.2) is 5.60 Å². The summed E-state index contributed by atoms with van der Waals surface area (Å²) in [6.07, 6.45) is 4.33. The van der Waals surface area contributed by atoms with Gasteiger partial charge in [0.25, 0.3) is 0 Å². The van der Waals surface area contributed by atoms with Crippen LogP contribution >= 0.6 is 0 Å². The Balaban J connectivity index is 1.93. The smallest absolute Gasteiger partial charge is 0.144 e. The predicted octanol–water partition coefficient (Wildman–Crippen LogP) is 7.08. The van der Waals surface area contributed by atoms with Crippen molar-refractivity contribution in [3.8, 4) is 5.75 Å². The molecule has 1 aromatic heterocycles. The lowest BCUT2D eigenvalue weighted by Gasteiger charge is -2.29. The molecule has 2 heterocycles. The van der Waals surface area contributed by atoms with E-state index >= 15 is 0 Å². The highest BCUT2D eigenvalue weighted by Gasteiger charge is 2.28. The summed E-state index contributed by atoms with van der Waals surface area (Å²) in [6.45, 7) is 4.18. The molecule has 0 bridgehead atoms. The topological polar surface area (TPSA) is 22.4 Å². The summed E-state index contributed by atoms with van der Waals surface area (Å²) in [4.78, 5) is 0. The van der Waals surface area contributed by atoms with Crippen molar-refractivity contribution in [1.82, 2.24) is 0 Å². The predicted molar refractivity (Wildman–Crippen MR) is 112 cm³/mol. The second-order valence-electron chi connectivity index (χ2n) is 7.79. The first-order valence-electron chi connectivity index (χ1n) is 9.29. The van der Waals surface area contributed by atoms with Crippen LogP contribution in [0.2, 0.25) is 0 Å². The molecular weight excluding hydrogens is 332 g/mol. The quantitative estimate of drug-likeness (QED) is 0.298. The summed E-state index contributed by atoms with van der Waals surface area (Å²) in [5.74, 6) is 0.946. The molecular formula is C25H18O2. The van der Waals surface area contributed by atoms with Crippen LogP contribution in [-0.2, 0) is 0 Å². The molecule has 4 aromatic carbocycles. The van der Waals surface area contributed by atoms with E-state index in [9.17, 15) is 0 Å². The Hall–Kier alpha value is -3.26. The Kier molecular flexibility index (Phi) is 2.71. The third kappa shape index (κ3) is 1.95. The van der Waals surface area contributed by atoms with E-state index in [0.717, 1.165) is 44.0 Å². The fourth-order valence-electron chi connectivity index (χ4n) is 4.30. The highest BCUT2D eigenvalue weighted by atomic mass is 16.5. The Morgan fingerprint density at radius 1 is 0.741 bits per heavy atom. The number of benzene rings is 4. The maximum Gasteiger partial charge on any atom is 0.144 e. The zero-order chi connectivity index (χ0) is 18.2. The maximum absolute atomic E-state index is 6.44. The molecule has 5 aromatic rings. The number of ether oxygens (including phenoxy) is 1. The maximum atomic E-state index is 6.44. The number of furan rings is 1. The van der Waals surface area contributed by atoms with Gasteiger partial charge in [-0.3, -0.25) is 0 Å². The van der Waals surface area contributed by atoms with Crippen molar-refractivity contribution < 1.29 is 9.15 Å². The Labute approximate surface area is 156 Å². The van der Waals surface area contributed by atoms with Crippen LogP contribution in [0.1, 0.15) is 19.4 Å². The molecule has 0 fully saturated rings. The lowest BCUT2D eigenvalue weighted by molar-refractivity contribution is 0.162. The van der Waals surface area contributed by atoms with Gasteiger partial charge < -0.3 is 9.15 Å². The van der Waals surface area contributed by atoms with E-state index < -0.39 is 0 Å². The lowest BCUT2D eigenvalue weighted by atomic mass is 9.93. The number of hydrogen-bond donors (Lipinski definition) is 0. The van der Waals surface area contributed by atoms with Gasteiger partial charge in [-0.05, 0) is 36.8 Å². The first-order valence-corrected chi connectivity index (χ1v) is 9.29. The minimum atomic E-state index is -0.328. The number of hydrogen-bond acceptors (Lipinski definition) is 2. The molecule has 2 nitrogen and oxygen atoms in total. The molecule has 0 spiro atoms. The average Bonchev–Trinajstić information content (AvgIpc) is 3.08. The summed E-state index contributed by atoms with van der Waals surface area (Å²) in [5, 5.41) is 6.93. The second kappa shape index (κ2) is 4.92. The summed E-state index contributed by atoms with van der Waals surface area (Å²) < 4.78 is 12.8. The zero-order valence-corrected chi connectivity index (χ0v) is 15.2. The average molecular weight is 350 g/mol. The Morgan fingerprint density at radius 3 is 2.33 bits per heavy atom. The summed E-state index contributed by atoms with van der Waals surface area (Å²) in [5.41, 5.74) is 2.63. The minimum Gasteiger partial charge on any atom is -0.482 e. The van der Waals surface area contributed by atoms with Gasteiger partial charge in [0.15, 0.2) is 0 Å². The molecule has 0 aliphatic carbocycles. The third-order valence-electron chi connectivity index (χ3n) is 5.53. The molecule has 6 rings (SSSR count). The standard InChI is InChI=1S/C25H18O2/c1-25(2)14-13-19-22-21-16-8-4-3-7-15(16)11-12-20(21)26-24(22)18-10-6-5-9-17(18)23(19)27-25/h3-14H,1-2H3. The number of rotatable bonds is 0. The van der Waals surface area contributed by atoms with Gasteiger partial charge in [-0.2, -0.15) is 0 Å². The Bertz CT molecular complexity index is 1420. The van der Waals surface area contributed by atoms with Crippen molar-refractivity contribution in [1.29, 1.82) is 0 Å². The monoisotopic (exact) mass is 350 g/mol. The molecule has 0 atom stereocenters. The SMILES string of the molecule is CC1(C)C=Cc2c(c3ccccc3c3oc4ccc5ccccc5c4c23)O1. The summed E-state index contributed by atoms with van der Waals surface area (Å²) >= 11 is 0. The zero-order valence-electron chi connectivity index (χ0n) is 15.2. The van der Waals surface area contributed by atoms with E-state index in [1.165, 1.54) is 10.8 Å². The lowest BCUT2D eigenvalue weighted by Crippen LogP contribution is -2.27. The first kappa shape index (κ1) is 14.9. The third-order valence-corrected chi connectivity index (χ3v) is 5.53. The molecule has 0 saturated carbocycles. The van der Waals surface area contributed by atoms with Gasteiger partial charge in [0, 0.05) is 27.1 Å². The van der Waals surface area contributed by atoms with Crippen molar-refractivity contribution in [2.24, 2.45) is 0 Å². The van der Waals surface area contributed by atoms with Crippen LogP contribution in [0.25, 0.3) is 49.6 Å². The van der Waals surface area contributed by atoms with Crippen molar-refractivity contribution >= 4 is 49.6 Å². The van der Waals surface area contributed by atoms with Crippen molar-refractivity contribution in [2.75, 3.05) is 0 Å². The van der Waals surface area contributed by atoms with Gasteiger partial charge in [-0.25, -0.2) is 0 Å². The molecule has 0 radical (unpaired) electrons. The molecule has 0 unspecified atom stereocenters. The normalized spacial score (nSPS) is 15.5. The largest absolute Gasteiger partial charge is 0.482 e. The van der Waals surface area contributed by atoms with E-state index in [0.29, 0.717) is 0 Å². The van der Waals surface area contributed by atoms with Gasteiger partial charge >= 0.3 is 0 Å². The van der Waals surface area contributed by atoms with Crippen LogP contribution in [0.3, 0.4) is 0 Å². The fraction of sp³-hybridized carbons (Fsp3) is 0.120. The highest BCUT2D eigenvalue weighted by Crippen LogP contribution is 2.47. The van der Waals surface area contributed by atoms with E-state index in [1.807, 2.05) is 0 Å². The van der Waals surface area contributed by atoms with E-state index in [4.69, 9.17) is 9.15 Å². The van der Waals surface area contributed by atoms with E-state index in [-0.39, 0.29) is 5.60 Å². The van der Waals surface area contributed by atoms with Crippen molar-refractivity contribution in [3.63, 3.8) is 0 Å². The molecule has 130 valence electrons. The molecule has 1 aliphatic rings. The second-order valence-corrected chi connectivity index (χ2v) is 7.79. The Morgan fingerprint density at radius 2 is 1.48 bits per heavy atom. The van der Waals surface area contributed by atoms with Crippen LogP contribution in [0, 0.1) is 0 Å². The molecule has 0 saturated heterocycles. The molecule has 1 aliphatic heterocycles. The van der Waals surface area contributed by atoms with Crippen LogP contribution in [0.4, 0.5) is 0 Å². The van der Waals surface area contributed by atoms with Crippen LogP contribution in [0.15, 0.2) is 71.2 Å². The van der Waals surface area contributed by atoms with Gasteiger partial charge in [-0.1, -0.05) is 60.7 Å². The summed E-state index contributed by atoms with van der Waals surface area (Å²) in [7, 11) is 0. The van der Waals surface area contributed by atoms with Crippen molar-refractivity contribution in [2.45, 2.75) is 19.4 Å². The molecule has 2 heteroatoms. The summed E-state index contributed by atoms with van der Waals surface area (Å²) in [6, 6.07) is 21.1.